The molecule has 0 aliphatic rings. The lowest BCUT2D eigenvalue weighted by Gasteiger charge is -2.23. The first-order valence-corrected chi connectivity index (χ1v) is 11.7. The molecule has 1 heterocycles. The fourth-order valence-corrected chi connectivity index (χ4v) is 4.47. The van der Waals surface area contributed by atoms with Gasteiger partial charge < -0.3 is 15.0 Å². The van der Waals surface area contributed by atoms with Gasteiger partial charge in [0.15, 0.2) is 0 Å². The topological polar surface area (TPSA) is 71.3 Å². The van der Waals surface area contributed by atoms with Crippen molar-refractivity contribution in [2.45, 2.75) is 19.9 Å². The van der Waals surface area contributed by atoms with Crippen LogP contribution in [0.4, 0.5) is 5.69 Å². The highest BCUT2D eigenvalue weighted by molar-refractivity contribution is 5.97. The first kappa shape index (κ1) is 24.5. The third-order valence-corrected chi connectivity index (χ3v) is 5.99. The van der Waals surface area contributed by atoms with Crippen molar-refractivity contribution in [2.24, 2.45) is 0 Å². The van der Waals surface area contributed by atoms with Crippen molar-refractivity contribution in [3.8, 4) is 11.1 Å². The summed E-state index contributed by atoms with van der Waals surface area (Å²) in [6, 6.07) is 24.8. The molecule has 1 atom stereocenters. The third kappa shape index (κ3) is 5.20. The van der Waals surface area contributed by atoms with E-state index in [1.54, 1.807) is 12.1 Å². The van der Waals surface area contributed by atoms with E-state index in [9.17, 15) is 14.7 Å². The molecule has 4 aromatic rings. The van der Waals surface area contributed by atoms with Gasteiger partial charge in [0.2, 0.25) is 5.91 Å². The van der Waals surface area contributed by atoms with Crippen LogP contribution in [0.5, 0.6) is 0 Å². The number of aromatic carboxylic acids is 1. The predicted molar refractivity (Wildman–Crippen MR) is 146 cm³/mol. The van der Waals surface area contributed by atoms with Gasteiger partial charge in [-0.3, -0.25) is 4.79 Å². The molecule has 5 nitrogen and oxygen atoms in total. The maximum Gasteiger partial charge on any atom is 0.352 e. The van der Waals surface area contributed by atoms with Gasteiger partial charge in [-0.2, -0.15) is 0 Å². The van der Waals surface area contributed by atoms with Crippen LogP contribution in [0.25, 0.3) is 22.0 Å². The summed E-state index contributed by atoms with van der Waals surface area (Å²) >= 11 is 0. The molecule has 0 aliphatic carbocycles. The number of amides is 1. The molecule has 36 heavy (non-hydrogen) atoms. The van der Waals surface area contributed by atoms with Crippen LogP contribution in [0.3, 0.4) is 0 Å². The highest BCUT2D eigenvalue weighted by atomic mass is 16.4. The zero-order chi connectivity index (χ0) is 25.7. The average Bonchev–Trinajstić information content (AvgIpc) is 3.24. The standard InChI is InChI=1S/C31H28N2O3/c1-4-5-7-11-21(2)30(23-12-8-6-9-13-23)33-28-17-16-25(18-26(28)20-29(33)31(35)36)24-14-10-15-27(19-24)32-22(3)34/h4-20,30H,1H2,2-3H3,(H,32,34)(H,35,36)/b7-5-,21-11+. The summed E-state index contributed by atoms with van der Waals surface area (Å²) in [6.07, 6.45) is 7.44. The number of aromatic nitrogens is 1. The van der Waals surface area contributed by atoms with Crippen molar-refractivity contribution in [1.29, 1.82) is 0 Å². The van der Waals surface area contributed by atoms with Gasteiger partial charge in [0.25, 0.3) is 0 Å². The Bertz CT molecular complexity index is 1490. The molecule has 2 N–H and O–H groups in total. The van der Waals surface area contributed by atoms with Crippen molar-refractivity contribution < 1.29 is 14.7 Å². The van der Waals surface area contributed by atoms with Crippen LogP contribution in [0.2, 0.25) is 0 Å². The number of hydrogen-bond acceptors (Lipinski definition) is 2. The van der Waals surface area contributed by atoms with Gasteiger partial charge in [-0.1, -0.05) is 79.4 Å². The van der Waals surface area contributed by atoms with Gasteiger partial charge in [-0.25, -0.2) is 4.79 Å². The fraction of sp³-hybridized carbons (Fsp3) is 0.0968. The fourth-order valence-electron chi connectivity index (χ4n) is 4.47. The molecule has 4 rings (SSSR count). The SMILES string of the molecule is C=C/C=C\C=C(/C)C(c1ccccc1)n1c(C(=O)O)cc2cc(-c3cccc(NC(C)=O)c3)ccc21. The lowest BCUT2D eigenvalue weighted by molar-refractivity contribution is -0.114. The minimum atomic E-state index is -0.990. The van der Waals surface area contributed by atoms with Crippen LogP contribution in [0, 0.1) is 0 Å². The molecule has 1 aromatic heterocycles. The number of carbonyl (C=O) groups excluding carboxylic acids is 1. The van der Waals surface area contributed by atoms with Crippen LogP contribution in [-0.2, 0) is 4.79 Å². The number of nitrogens with one attached hydrogen (secondary N) is 1. The van der Waals surface area contributed by atoms with E-state index < -0.39 is 5.97 Å². The minimum Gasteiger partial charge on any atom is -0.477 e. The zero-order valence-electron chi connectivity index (χ0n) is 20.3. The number of hydrogen-bond donors (Lipinski definition) is 2. The Balaban J connectivity index is 1.90. The van der Waals surface area contributed by atoms with Gasteiger partial charge in [-0.15, -0.1) is 0 Å². The number of rotatable bonds is 8. The van der Waals surface area contributed by atoms with E-state index in [1.807, 2.05) is 103 Å². The van der Waals surface area contributed by atoms with Crippen LogP contribution in [0.1, 0.15) is 35.9 Å². The molecule has 1 amide bonds. The Morgan fingerprint density at radius 1 is 0.917 bits per heavy atom. The molecule has 3 aromatic carbocycles. The third-order valence-electron chi connectivity index (χ3n) is 5.99. The lowest BCUT2D eigenvalue weighted by atomic mass is 9.98. The smallest absolute Gasteiger partial charge is 0.352 e. The second-order valence-electron chi connectivity index (χ2n) is 8.58. The van der Waals surface area contributed by atoms with Gasteiger partial charge in [0.05, 0.1) is 6.04 Å². The van der Waals surface area contributed by atoms with E-state index in [1.165, 1.54) is 6.92 Å². The first-order valence-electron chi connectivity index (χ1n) is 11.7. The highest BCUT2D eigenvalue weighted by Gasteiger charge is 2.24. The summed E-state index contributed by atoms with van der Waals surface area (Å²) in [5.74, 6) is -1.13. The zero-order valence-corrected chi connectivity index (χ0v) is 20.3. The normalized spacial score (nSPS) is 12.6. The summed E-state index contributed by atoms with van der Waals surface area (Å²) in [5, 5.41) is 13.8. The van der Waals surface area contributed by atoms with Gasteiger partial charge in [0, 0.05) is 23.5 Å². The van der Waals surface area contributed by atoms with Gasteiger partial charge in [0.1, 0.15) is 5.69 Å². The average molecular weight is 477 g/mol. The van der Waals surface area contributed by atoms with Gasteiger partial charge >= 0.3 is 5.97 Å². The van der Waals surface area contributed by atoms with Gasteiger partial charge in [-0.05, 0) is 59.5 Å². The van der Waals surface area contributed by atoms with E-state index in [0.717, 1.165) is 33.2 Å². The maximum atomic E-state index is 12.4. The Morgan fingerprint density at radius 3 is 2.36 bits per heavy atom. The number of anilines is 1. The Labute approximate surface area is 210 Å². The summed E-state index contributed by atoms with van der Waals surface area (Å²) in [5.41, 5.74) is 5.59. The Morgan fingerprint density at radius 2 is 1.67 bits per heavy atom. The van der Waals surface area contributed by atoms with Crippen molar-refractivity contribution in [1.82, 2.24) is 4.57 Å². The molecule has 0 radical (unpaired) electrons. The largest absolute Gasteiger partial charge is 0.477 e. The molecule has 0 aliphatic heterocycles. The number of benzene rings is 3. The highest BCUT2D eigenvalue weighted by Crippen LogP contribution is 2.35. The number of carboxylic acid groups (broad SMARTS) is 1. The van der Waals surface area contributed by atoms with Crippen LogP contribution >= 0.6 is 0 Å². The second-order valence-corrected chi connectivity index (χ2v) is 8.58. The summed E-state index contributed by atoms with van der Waals surface area (Å²) in [7, 11) is 0. The number of allylic oxidation sites excluding steroid dienone is 5. The number of carboxylic acids is 1. The van der Waals surface area contributed by atoms with Crippen molar-refractivity contribution >= 4 is 28.5 Å². The molecular formula is C31H28N2O3. The maximum absolute atomic E-state index is 12.4. The van der Waals surface area contributed by atoms with E-state index in [4.69, 9.17) is 0 Å². The first-order chi connectivity index (χ1) is 17.4. The van der Waals surface area contributed by atoms with Crippen molar-refractivity contribution in [2.75, 3.05) is 5.32 Å². The van der Waals surface area contributed by atoms with Crippen molar-refractivity contribution in [3.63, 3.8) is 0 Å². The number of fused-ring (bicyclic) bond motifs is 1. The lowest BCUT2D eigenvalue weighted by Crippen LogP contribution is -2.17. The molecule has 0 saturated heterocycles. The van der Waals surface area contributed by atoms with Crippen LogP contribution < -0.4 is 5.32 Å². The van der Waals surface area contributed by atoms with E-state index in [-0.39, 0.29) is 17.6 Å². The Hall–Kier alpha value is -4.64. The monoisotopic (exact) mass is 476 g/mol. The van der Waals surface area contributed by atoms with E-state index in [2.05, 4.69) is 11.9 Å². The molecule has 0 bridgehead atoms. The summed E-state index contributed by atoms with van der Waals surface area (Å²) in [6.45, 7) is 7.20. The van der Waals surface area contributed by atoms with E-state index in [0.29, 0.717) is 5.69 Å². The molecule has 180 valence electrons. The molecule has 5 heteroatoms. The molecule has 0 fully saturated rings. The van der Waals surface area contributed by atoms with E-state index >= 15 is 0 Å². The molecule has 1 unspecified atom stereocenters. The Kier molecular flexibility index (Phi) is 7.31. The minimum absolute atomic E-state index is 0.135. The molecular weight excluding hydrogens is 448 g/mol. The molecule has 0 spiro atoms. The van der Waals surface area contributed by atoms with Crippen molar-refractivity contribution in [3.05, 3.63) is 127 Å². The quantitative estimate of drug-likeness (QED) is 0.263. The molecule has 0 saturated carbocycles. The predicted octanol–water partition coefficient (Wildman–Crippen LogP) is 7.24. The van der Waals surface area contributed by atoms with Crippen LogP contribution in [0.15, 0.2) is 115 Å². The summed E-state index contributed by atoms with van der Waals surface area (Å²) < 4.78 is 1.89. The second kappa shape index (κ2) is 10.7. The van der Waals surface area contributed by atoms with Crippen LogP contribution in [-0.4, -0.2) is 21.6 Å². The number of carbonyl (C=O) groups is 2. The number of nitrogens with zero attached hydrogens (tertiary/aromatic N) is 1. The summed E-state index contributed by atoms with van der Waals surface area (Å²) in [4.78, 5) is 23.9.